The molecule has 2 amide bonds. The summed E-state index contributed by atoms with van der Waals surface area (Å²) in [4.78, 5) is 40.4. The molecule has 1 aromatic heterocycles. The van der Waals surface area contributed by atoms with E-state index in [4.69, 9.17) is 9.47 Å². The number of carbonyl (C=O) groups is 2. The second kappa shape index (κ2) is 12.6. The zero-order valence-corrected chi connectivity index (χ0v) is 26.4. The number of amides is 2. The van der Waals surface area contributed by atoms with Gasteiger partial charge >= 0.3 is 0 Å². The lowest BCUT2D eigenvalue weighted by Crippen LogP contribution is -2.60. The number of aryl methyl sites for hydroxylation is 1. The number of aliphatic hydroxyl groups excluding tert-OH is 5. The van der Waals surface area contributed by atoms with Crippen molar-refractivity contribution in [2.75, 3.05) is 23.4 Å². The van der Waals surface area contributed by atoms with Crippen LogP contribution in [0.1, 0.15) is 24.6 Å². The Morgan fingerprint density at radius 1 is 1.20 bits per heavy atom. The first-order chi connectivity index (χ1) is 21.2. The van der Waals surface area contributed by atoms with Crippen molar-refractivity contribution in [3.63, 3.8) is 0 Å². The van der Waals surface area contributed by atoms with Crippen LogP contribution < -0.4 is 10.2 Å². The average Bonchev–Trinajstić information content (AvgIpc) is 3.63. The van der Waals surface area contributed by atoms with Gasteiger partial charge in [-0.1, -0.05) is 18.2 Å². The Hall–Kier alpha value is -3.06. The number of fused-ring (bicyclic) bond motifs is 2. The molecule has 5 rings (SSSR count). The van der Waals surface area contributed by atoms with E-state index < -0.39 is 62.6 Å². The van der Waals surface area contributed by atoms with Gasteiger partial charge in [0.2, 0.25) is 0 Å². The highest BCUT2D eigenvalue weighted by molar-refractivity contribution is 6.71. The van der Waals surface area contributed by atoms with Crippen molar-refractivity contribution in [3.05, 3.63) is 48.3 Å². The molecular weight excluding hydrogens is 606 g/mol. The molecule has 16 heteroatoms. The summed E-state index contributed by atoms with van der Waals surface area (Å²) < 4.78 is 13.5. The predicted molar refractivity (Wildman–Crippen MR) is 161 cm³/mol. The van der Waals surface area contributed by atoms with Crippen LogP contribution in [0.15, 0.2) is 37.1 Å². The highest BCUT2D eigenvalue weighted by Crippen LogP contribution is 2.60. The van der Waals surface area contributed by atoms with Crippen LogP contribution >= 0.6 is 0 Å². The average molecular weight is 648 g/mol. The first-order valence-corrected chi connectivity index (χ1v) is 17.9. The molecule has 2 fully saturated rings. The molecule has 0 unspecified atom stereocenters. The fraction of sp³-hybridized carbons (Fsp3) is 0.586. The molecule has 9 atom stereocenters. The highest BCUT2D eigenvalue weighted by atomic mass is 28.4. The summed E-state index contributed by atoms with van der Waals surface area (Å²) in [5.74, 6) is -1.68. The maximum atomic E-state index is 14.3. The standard InChI is InChI=1S/C29H41N5O10Si/c1-5-10-34-19-7-6-16(30-26(39)24-22(37)21(36)23(38)27(40)43-24)13-18(19)29(28(34)41)15(2)25(45(3,4)42)20(44-29)8-11-33-14-17(9-12-35)31-32-33/h5-7,13-15,20-25,27,35-38,40,42H,1,8-12H2,2-4H3,(H,30,39)/t15-,20+,21-,22-,23+,24-,25-,27+,29+/m0/s1. The molecule has 2 saturated heterocycles. The fourth-order valence-electron chi connectivity index (χ4n) is 6.96. The number of benzene rings is 1. The van der Waals surface area contributed by atoms with E-state index in [1.807, 2.05) is 20.0 Å². The summed E-state index contributed by atoms with van der Waals surface area (Å²) in [5, 5.41) is 60.0. The Kier molecular flexibility index (Phi) is 9.34. The lowest BCUT2D eigenvalue weighted by Gasteiger charge is -2.37. The number of ether oxygens (including phenoxy) is 2. The number of aromatic nitrogens is 3. The zero-order chi connectivity index (χ0) is 32.8. The quantitative estimate of drug-likeness (QED) is 0.122. The van der Waals surface area contributed by atoms with Crippen LogP contribution in [-0.4, -0.2) is 115 Å². The fourth-order valence-corrected chi connectivity index (χ4v) is 9.57. The van der Waals surface area contributed by atoms with Crippen LogP contribution in [0.2, 0.25) is 18.6 Å². The second-order valence-corrected chi connectivity index (χ2v) is 16.4. The molecule has 15 nitrogen and oxygen atoms in total. The molecule has 1 spiro atoms. The topological polar surface area (TPSA) is 220 Å². The zero-order valence-electron chi connectivity index (χ0n) is 25.4. The van der Waals surface area contributed by atoms with Crippen molar-refractivity contribution in [2.45, 2.75) is 87.4 Å². The smallest absolute Gasteiger partial charge is 0.264 e. The number of anilines is 2. The largest absolute Gasteiger partial charge is 0.432 e. The summed E-state index contributed by atoms with van der Waals surface area (Å²) in [5.41, 5.74) is 0.0447. The molecule has 0 saturated carbocycles. The molecule has 246 valence electrons. The van der Waals surface area contributed by atoms with Gasteiger partial charge in [-0.15, -0.1) is 11.7 Å². The predicted octanol–water partition coefficient (Wildman–Crippen LogP) is -1.03. The van der Waals surface area contributed by atoms with Gasteiger partial charge < -0.3 is 50.0 Å². The van der Waals surface area contributed by atoms with Gasteiger partial charge in [-0.2, -0.15) is 0 Å². The Balaban J connectivity index is 1.47. The molecule has 3 aliphatic rings. The Bertz CT molecular complexity index is 1430. The number of nitrogens with zero attached hydrogens (tertiary/aromatic N) is 4. The molecule has 45 heavy (non-hydrogen) atoms. The van der Waals surface area contributed by atoms with Gasteiger partial charge in [0.1, 0.15) is 18.3 Å². The van der Waals surface area contributed by atoms with Crippen molar-refractivity contribution in [2.24, 2.45) is 5.92 Å². The first-order valence-electron chi connectivity index (χ1n) is 14.9. The third-order valence-corrected chi connectivity index (χ3v) is 11.5. The van der Waals surface area contributed by atoms with E-state index in [1.54, 1.807) is 40.1 Å². The molecule has 0 aliphatic carbocycles. The van der Waals surface area contributed by atoms with Crippen molar-refractivity contribution in [1.82, 2.24) is 15.0 Å². The number of carbonyl (C=O) groups excluding carboxylic acids is 2. The summed E-state index contributed by atoms with van der Waals surface area (Å²) in [6.07, 6.45) is -5.40. The van der Waals surface area contributed by atoms with Gasteiger partial charge in [0, 0.05) is 55.0 Å². The van der Waals surface area contributed by atoms with E-state index in [1.165, 1.54) is 0 Å². The molecule has 2 aromatic rings. The van der Waals surface area contributed by atoms with Crippen LogP contribution in [0.5, 0.6) is 0 Å². The van der Waals surface area contributed by atoms with Gasteiger partial charge in [0.25, 0.3) is 11.8 Å². The van der Waals surface area contributed by atoms with Crippen LogP contribution in [0, 0.1) is 5.92 Å². The van der Waals surface area contributed by atoms with Crippen molar-refractivity contribution >= 4 is 31.5 Å². The number of nitrogens with one attached hydrogen (secondary N) is 1. The maximum Gasteiger partial charge on any atom is 0.264 e. The maximum absolute atomic E-state index is 14.3. The van der Waals surface area contributed by atoms with Gasteiger partial charge in [0.05, 0.1) is 17.5 Å². The van der Waals surface area contributed by atoms with Crippen molar-refractivity contribution in [3.8, 4) is 0 Å². The van der Waals surface area contributed by atoms with Gasteiger partial charge in [-0.05, 0) is 37.7 Å². The van der Waals surface area contributed by atoms with E-state index in [0.717, 1.165) is 0 Å². The Labute approximate surface area is 260 Å². The SMILES string of the molecule is C=CCN1C(=O)[C@]2(O[C@H](CCn3cc(CCO)nn3)[C@@H]([Si](C)(C)O)[C@@H]2C)c2cc(NC(=O)[C@H]3O[C@@H](O)[C@H](O)[C@@H](O)[C@@H]3O)ccc21. The number of rotatable bonds is 10. The van der Waals surface area contributed by atoms with E-state index >= 15 is 0 Å². The first kappa shape index (κ1) is 33.3. The number of hydrogen-bond donors (Lipinski definition) is 7. The normalized spacial score (nSPS) is 33.1. The molecule has 4 heterocycles. The van der Waals surface area contributed by atoms with Crippen LogP contribution in [-0.2, 0) is 37.6 Å². The number of aliphatic hydroxyl groups is 5. The number of hydrogen-bond acceptors (Lipinski definition) is 12. The summed E-state index contributed by atoms with van der Waals surface area (Å²) in [7, 11) is -2.95. The summed E-state index contributed by atoms with van der Waals surface area (Å²) in [6.45, 7) is 9.84. The van der Waals surface area contributed by atoms with Crippen LogP contribution in [0.4, 0.5) is 11.4 Å². The summed E-state index contributed by atoms with van der Waals surface area (Å²) in [6, 6.07) is 4.82. The van der Waals surface area contributed by atoms with Gasteiger partial charge in [0.15, 0.2) is 26.3 Å². The van der Waals surface area contributed by atoms with Crippen LogP contribution in [0.25, 0.3) is 0 Å². The molecule has 3 aliphatic heterocycles. The van der Waals surface area contributed by atoms with E-state index in [9.17, 15) is 39.9 Å². The van der Waals surface area contributed by atoms with E-state index in [2.05, 4.69) is 22.2 Å². The third-order valence-electron chi connectivity index (χ3n) is 9.01. The molecule has 7 N–H and O–H groups in total. The van der Waals surface area contributed by atoms with Gasteiger partial charge in [-0.25, -0.2) is 0 Å². The lowest BCUT2D eigenvalue weighted by atomic mass is 9.82. The molecule has 0 bridgehead atoms. The van der Waals surface area contributed by atoms with Crippen molar-refractivity contribution < 1.29 is 49.4 Å². The monoisotopic (exact) mass is 647 g/mol. The van der Waals surface area contributed by atoms with Crippen molar-refractivity contribution in [1.29, 1.82) is 0 Å². The minimum absolute atomic E-state index is 0.0523. The second-order valence-electron chi connectivity index (χ2n) is 12.4. The minimum Gasteiger partial charge on any atom is -0.432 e. The summed E-state index contributed by atoms with van der Waals surface area (Å²) >= 11 is 0. The van der Waals surface area contributed by atoms with E-state index in [-0.39, 0.29) is 30.3 Å². The molecule has 1 aromatic carbocycles. The highest BCUT2D eigenvalue weighted by Gasteiger charge is 2.66. The Morgan fingerprint density at radius 2 is 1.93 bits per heavy atom. The van der Waals surface area contributed by atoms with E-state index in [0.29, 0.717) is 36.3 Å². The minimum atomic E-state index is -2.95. The molecular formula is C29H41N5O10Si. The Morgan fingerprint density at radius 3 is 2.60 bits per heavy atom. The third kappa shape index (κ3) is 5.86. The van der Waals surface area contributed by atoms with Crippen LogP contribution in [0.3, 0.4) is 0 Å². The lowest BCUT2D eigenvalue weighted by molar-refractivity contribution is -0.274. The van der Waals surface area contributed by atoms with Gasteiger partial charge in [-0.3, -0.25) is 14.3 Å². The molecule has 0 radical (unpaired) electrons.